The number of aromatic carboxylic acids is 1. The van der Waals surface area contributed by atoms with Crippen LogP contribution in [0.25, 0.3) is 0 Å². The van der Waals surface area contributed by atoms with Gasteiger partial charge in [0.1, 0.15) is 0 Å². The lowest BCUT2D eigenvalue weighted by molar-refractivity contribution is 0.0695. The molecular weight excluding hydrogens is 208 g/mol. The van der Waals surface area contributed by atoms with Crippen LogP contribution in [0.5, 0.6) is 0 Å². The van der Waals surface area contributed by atoms with Crippen molar-refractivity contribution in [2.75, 3.05) is 0 Å². The molecule has 0 aliphatic heterocycles. The molecule has 0 radical (unpaired) electrons. The van der Waals surface area contributed by atoms with Gasteiger partial charge >= 0.3 is 5.97 Å². The molecule has 0 bridgehead atoms. The zero-order valence-corrected chi connectivity index (χ0v) is 9.77. The normalized spacial score (nSPS) is 17.1. The first-order valence-electron chi connectivity index (χ1n) is 5.57. The highest BCUT2D eigenvalue weighted by molar-refractivity contribution is 7.10. The quantitative estimate of drug-likeness (QED) is 0.850. The van der Waals surface area contributed by atoms with Gasteiger partial charge in [0.2, 0.25) is 0 Å². The molecule has 2 nitrogen and oxygen atoms in total. The van der Waals surface area contributed by atoms with Crippen molar-refractivity contribution in [1.82, 2.24) is 0 Å². The van der Waals surface area contributed by atoms with Crippen molar-refractivity contribution in [1.29, 1.82) is 0 Å². The lowest BCUT2D eigenvalue weighted by Crippen LogP contribution is -2.04. The van der Waals surface area contributed by atoms with Crippen LogP contribution in [0.1, 0.15) is 59.3 Å². The maximum atomic E-state index is 11.1. The van der Waals surface area contributed by atoms with E-state index in [0.29, 0.717) is 11.5 Å². The predicted molar refractivity (Wildman–Crippen MR) is 61.9 cm³/mol. The van der Waals surface area contributed by atoms with Crippen molar-refractivity contribution in [2.24, 2.45) is 0 Å². The molecule has 1 N–H and O–H groups in total. The second kappa shape index (κ2) is 4.35. The number of carboxylic acid groups (broad SMARTS) is 1. The van der Waals surface area contributed by atoms with E-state index in [1.807, 2.05) is 5.38 Å². The maximum Gasteiger partial charge on any atom is 0.336 e. The molecule has 1 aliphatic rings. The van der Waals surface area contributed by atoms with Crippen LogP contribution in [-0.2, 0) is 6.42 Å². The lowest BCUT2D eigenvalue weighted by Gasteiger charge is -2.11. The number of thiophene rings is 1. The minimum atomic E-state index is -0.757. The van der Waals surface area contributed by atoms with Crippen LogP contribution < -0.4 is 0 Å². The first-order valence-corrected chi connectivity index (χ1v) is 6.45. The Bertz CT molecular complexity index is 362. The molecule has 0 saturated heterocycles. The Morgan fingerprint density at radius 3 is 2.73 bits per heavy atom. The summed E-state index contributed by atoms with van der Waals surface area (Å²) in [6.07, 6.45) is 5.81. The van der Waals surface area contributed by atoms with E-state index < -0.39 is 5.97 Å². The highest BCUT2D eigenvalue weighted by Gasteiger charge is 2.26. The van der Waals surface area contributed by atoms with Gasteiger partial charge in [-0.15, -0.1) is 11.3 Å². The molecule has 0 atom stereocenters. The van der Waals surface area contributed by atoms with Gasteiger partial charge in [-0.25, -0.2) is 4.79 Å². The van der Waals surface area contributed by atoms with E-state index in [9.17, 15) is 4.79 Å². The topological polar surface area (TPSA) is 37.3 Å². The van der Waals surface area contributed by atoms with Crippen molar-refractivity contribution in [2.45, 2.75) is 44.9 Å². The molecule has 0 unspecified atom stereocenters. The summed E-state index contributed by atoms with van der Waals surface area (Å²) < 4.78 is 0. The molecule has 15 heavy (non-hydrogen) atoms. The van der Waals surface area contributed by atoms with Crippen LogP contribution in [0.15, 0.2) is 5.38 Å². The van der Waals surface area contributed by atoms with E-state index in [1.54, 1.807) is 11.3 Å². The predicted octanol–water partition coefficient (Wildman–Crippen LogP) is 3.67. The van der Waals surface area contributed by atoms with Gasteiger partial charge in [-0.05, 0) is 30.7 Å². The van der Waals surface area contributed by atoms with E-state index in [-0.39, 0.29) is 0 Å². The summed E-state index contributed by atoms with van der Waals surface area (Å²) in [6, 6.07) is 0. The molecule has 2 rings (SSSR count). The number of carboxylic acids is 1. The van der Waals surface area contributed by atoms with Gasteiger partial charge in [-0.3, -0.25) is 0 Å². The van der Waals surface area contributed by atoms with Crippen LogP contribution in [0, 0.1) is 0 Å². The first kappa shape index (κ1) is 10.7. The Morgan fingerprint density at radius 2 is 2.20 bits per heavy atom. The summed E-state index contributed by atoms with van der Waals surface area (Å²) in [5.74, 6) is -0.245. The van der Waals surface area contributed by atoms with E-state index >= 15 is 0 Å². The smallest absolute Gasteiger partial charge is 0.336 e. The third-order valence-electron chi connectivity index (χ3n) is 3.22. The number of rotatable bonds is 3. The maximum absolute atomic E-state index is 11.1. The molecule has 0 amide bonds. The first-order chi connectivity index (χ1) is 7.24. The Labute approximate surface area is 93.9 Å². The van der Waals surface area contributed by atoms with Gasteiger partial charge in [-0.2, -0.15) is 0 Å². The number of carbonyl (C=O) groups is 1. The lowest BCUT2D eigenvalue weighted by atomic mass is 9.93. The molecule has 1 aliphatic carbocycles. The Hall–Kier alpha value is -0.830. The summed E-state index contributed by atoms with van der Waals surface area (Å²) in [4.78, 5) is 12.4. The monoisotopic (exact) mass is 224 g/mol. The van der Waals surface area contributed by atoms with Crippen LogP contribution in [0.4, 0.5) is 0 Å². The minimum Gasteiger partial charge on any atom is -0.478 e. The van der Waals surface area contributed by atoms with Crippen LogP contribution in [0.2, 0.25) is 0 Å². The van der Waals surface area contributed by atoms with Gasteiger partial charge in [0.15, 0.2) is 0 Å². The number of hydrogen-bond donors (Lipinski definition) is 1. The van der Waals surface area contributed by atoms with Gasteiger partial charge in [0.25, 0.3) is 0 Å². The molecule has 82 valence electrons. The highest BCUT2D eigenvalue weighted by Crippen LogP contribution is 2.40. The fraction of sp³-hybridized carbons (Fsp3) is 0.583. The second-order valence-electron chi connectivity index (χ2n) is 4.13. The van der Waals surface area contributed by atoms with Crippen molar-refractivity contribution >= 4 is 17.3 Å². The molecule has 1 saturated carbocycles. The molecule has 0 spiro atoms. The van der Waals surface area contributed by atoms with Gasteiger partial charge < -0.3 is 5.11 Å². The molecule has 3 heteroatoms. The second-order valence-corrected chi connectivity index (χ2v) is 5.09. The van der Waals surface area contributed by atoms with E-state index in [2.05, 4.69) is 6.92 Å². The molecule has 1 aromatic heterocycles. The zero-order valence-electron chi connectivity index (χ0n) is 8.95. The third kappa shape index (κ3) is 1.93. The zero-order chi connectivity index (χ0) is 10.8. The largest absolute Gasteiger partial charge is 0.478 e. The Morgan fingerprint density at radius 1 is 1.53 bits per heavy atom. The minimum absolute atomic E-state index is 0.511. The van der Waals surface area contributed by atoms with E-state index in [1.165, 1.54) is 30.6 Å². The molecule has 1 aromatic rings. The summed E-state index contributed by atoms with van der Waals surface area (Å²) in [5, 5.41) is 11.0. The third-order valence-corrected chi connectivity index (χ3v) is 4.37. The van der Waals surface area contributed by atoms with Crippen molar-refractivity contribution < 1.29 is 9.90 Å². The van der Waals surface area contributed by atoms with E-state index in [0.717, 1.165) is 12.0 Å². The van der Waals surface area contributed by atoms with Crippen LogP contribution >= 0.6 is 11.3 Å². The number of hydrogen-bond acceptors (Lipinski definition) is 2. The van der Waals surface area contributed by atoms with E-state index in [4.69, 9.17) is 5.11 Å². The van der Waals surface area contributed by atoms with Gasteiger partial charge in [-0.1, -0.05) is 19.8 Å². The molecule has 1 heterocycles. The summed E-state index contributed by atoms with van der Waals surface area (Å²) >= 11 is 1.61. The molecular formula is C12H16O2S. The fourth-order valence-corrected chi connectivity index (χ4v) is 3.57. The van der Waals surface area contributed by atoms with Crippen LogP contribution in [-0.4, -0.2) is 11.1 Å². The number of aryl methyl sites for hydroxylation is 1. The fourth-order valence-electron chi connectivity index (χ4n) is 2.51. The Balaban J connectivity index is 2.39. The average molecular weight is 224 g/mol. The van der Waals surface area contributed by atoms with Gasteiger partial charge in [0.05, 0.1) is 5.56 Å². The molecule has 1 fully saturated rings. The SMILES string of the molecule is CCc1scc(C(=O)O)c1C1CCCC1. The average Bonchev–Trinajstić information content (AvgIpc) is 2.85. The summed E-state index contributed by atoms with van der Waals surface area (Å²) in [5.41, 5.74) is 1.70. The summed E-state index contributed by atoms with van der Waals surface area (Å²) in [6.45, 7) is 2.11. The van der Waals surface area contributed by atoms with Gasteiger partial charge in [0, 0.05) is 10.3 Å². The van der Waals surface area contributed by atoms with Crippen LogP contribution in [0.3, 0.4) is 0 Å². The standard InChI is InChI=1S/C12H16O2S/c1-2-10-11(8-5-3-4-6-8)9(7-15-10)12(13)14/h7-8H,2-6H2,1H3,(H,13,14). The summed E-state index contributed by atoms with van der Waals surface area (Å²) in [7, 11) is 0. The van der Waals surface area contributed by atoms with Crippen molar-refractivity contribution in [3.8, 4) is 0 Å². The highest BCUT2D eigenvalue weighted by atomic mass is 32.1. The molecule has 0 aromatic carbocycles. The van der Waals surface area contributed by atoms with Crippen molar-refractivity contribution in [3.05, 3.63) is 21.4 Å². The Kier molecular flexibility index (Phi) is 3.10. The van der Waals surface area contributed by atoms with Crippen molar-refractivity contribution in [3.63, 3.8) is 0 Å².